The number of nitrogens with one attached hydrogen (secondary N) is 1. The zero-order chi connectivity index (χ0) is 7.98. The maximum Gasteiger partial charge on any atom is 0.224 e. The molecule has 0 fully saturated rings. The average molecular weight is 139 g/mol. The quantitative estimate of drug-likeness (QED) is 0.583. The number of amides is 1. The Kier molecular flexibility index (Phi) is 4.29. The molecule has 0 aliphatic heterocycles. The van der Waals surface area contributed by atoms with Crippen molar-refractivity contribution in [3.05, 3.63) is 24.8 Å². The van der Waals surface area contributed by atoms with Crippen molar-refractivity contribution >= 4 is 5.91 Å². The molecule has 0 heterocycles. The van der Waals surface area contributed by atoms with E-state index < -0.39 is 0 Å². The van der Waals surface area contributed by atoms with E-state index in [0.717, 1.165) is 5.57 Å². The SMILES string of the molecule is C=CC(=C)CC(=O)NCC. The topological polar surface area (TPSA) is 29.1 Å². The summed E-state index contributed by atoms with van der Waals surface area (Å²) in [6.45, 7) is 9.66. The Morgan fingerprint density at radius 2 is 2.30 bits per heavy atom. The summed E-state index contributed by atoms with van der Waals surface area (Å²) in [7, 11) is 0. The molecule has 56 valence electrons. The predicted octanol–water partition coefficient (Wildman–Crippen LogP) is 1.25. The van der Waals surface area contributed by atoms with E-state index >= 15 is 0 Å². The molecule has 0 bridgehead atoms. The lowest BCUT2D eigenvalue weighted by molar-refractivity contribution is -0.120. The smallest absolute Gasteiger partial charge is 0.224 e. The Balaban J connectivity index is 3.57. The van der Waals surface area contributed by atoms with Crippen LogP contribution < -0.4 is 5.32 Å². The molecule has 0 radical (unpaired) electrons. The minimum Gasteiger partial charge on any atom is -0.356 e. The van der Waals surface area contributed by atoms with Gasteiger partial charge in [-0.2, -0.15) is 0 Å². The Bertz CT molecular complexity index is 149. The second-order valence-corrected chi connectivity index (χ2v) is 1.99. The van der Waals surface area contributed by atoms with E-state index in [4.69, 9.17) is 0 Å². The van der Waals surface area contributed by atoms with Crippen molar-refractivity contribution in [2.75, 3.05) is 6.54 Å². The lowest BCUT2D eigenvalue weighted by atomic mass is 10.2. The van der Waals surface area contributed by atoms with Crippen molar-refractivity contribution in [1.29, 1.82) is 0 Å². The number of carbonyl (C=O) groups excluding carboxylic acids is 1. The number of rotatable bonds is 4. The molecule has 0 unspecified atom stereocenters. The maximum atomic E-state index is 10.8. The molecule has 0 aromatic heterocycles. The second-order valence-electron chi connectivity index (χ2n) is 1.99. The summed E-state index contributed by atoms with van der Waals surface area (Å²) < 4.78 is 0. The first-order valence-corrected chi connectivity index (χ1v) is 3.27. The Hall–Kier alpha value is -1.05. The molecular formula is C8H13NO. The van der Waals surface area contributed by atoms with Crippen molar-refractivity contribution < 1.29 is 4.79 Å². The van der Waals surface area contributed by atoms with Crippen LogP contribution in [-0.4, -0.2) is 12.5 Å². The summed E-state index contributed by atoms with van der Waals surface area (Å²) in [5.74, 6) is 0.00685. The molecular weight excluding hydrogens is 126 g/mol. The van der Waals surface area contributed by atoms with Crippen molar-refractivity contribution in [1.82, 2.24) is 5.32 Å². The first kappa shape index (κ1) is 8.95. The van der Waals surface area contributed by atoms with Gasteiger partial charge in [-0.1, -0.05) is 19.2 Å². The third-order valence-corrected chi connectivity index (χ3v) is 1.05. The summed E-state index contributed by atoms with van der Waals surface area (Å²) in [6, 6.07) is 0. The van der Waals surface area contributed by atoms with Gasteiger partial charge in [-0.3, -0.25) is 4.79 Å². The van der Waals surface area contributed by atoms with Crippen LogP contribution in [0.3, 0.4) is 0 Å². The number of hydrogen-bond acceptors (Lipinski definition) is 1. The molecule has 2 nitrogen and oxygen atoms in total. The zero-order valence-corrected chi connectivity index (χ0v) is 6.31. The van der Waals surface area contributed by atoms with E-state index in [1.807, 2.05) is 6.92 Å². The highest BCUT2D eigenvalue weighted by molar-refractivity contribution is 5.78. The molecule has 0 rings (SSSR count). The van der Waals surface area contributed by atoms with E-state index in [0.29, 0.717) is 13.0 Å². The van der Waals surface area contributed by atoms with Crippen LogP contribution in [0.15, 0.2) is 24.8 Å². The molecule has 10 heavy (non-hydrogen) atoms. The fourth-order valence-electron chi connectivity index (χ4n) is 0.538. The third kappa shape index (κ3) is 3.89. The van der Waals surface area contributed by atoms with Crippen LogP contribution in [0.1, 0.15) is 13.3 Å². The van der Waals surface area contributed by atoms with Crippen molar-refractivity contribution in [2.45, 2.75) is 13.3 Å². The largest absolute Gasteiger partial charge is 0.356 e. The first-order chi connectivity index (χ1) is 4.70. The van der Waals surface area contributed by atoms with Crippen LogP contribution in [0.5, 0.6) is 0 Å². The van der Waals surface area contributed by atoms with Gasteiger partial charge < -0.3 is 5.32 Å². The summed E-state index contributed by atoms with van der Waals surface area (Å²) in [5, 5.41) is 2.66. The van der Waals surface area contributed by atoms with Gasteiger partial charge >= 0.3 is 0 Å². The summed E-state index contributed by atoms with van der Waals surface area (Å²) in [6.07, 6.45) is 1.95. The lowest BCUT2D eigenvalue weighted by Crippen LogP contribution is -2.22. The molecule has 1 amide bonds. The van der Waals surface area contributed by atoms with Crippen LogP contribution >= 0.6 is 0 Å². The van der Waals surface area contributed by atoms with Gasteiger partial charge in [0.1, 0.15) is 0 Å². The molecule has 1 N–H and O–H groups in total. The molecule has 0 atom stereocenters. The summed E-state index contributed by atoms with van der Waals surface area (Å²) in [5.41, 5.74) is 0.756. The van der Waals surface area contributed by atoms with Crippen LogP contribution in [0.4, 0.5) is 0 Å². The maximum absolute atomic E-state index is 10.8. The van der Waals surface area contributed by atoms with Gasteiger partial charge in [0.15, 0.2) is 0 Å². The van der Waals surface area contributed by atoms with Gasteiger partial charge in [0.05, 0.1) is 6.42 Å². The van der Waals surface area contributed by atoms with Crippen molar-refractivity contribution in [2.24, 2.45) is 0 Å². The van der Waals surface area contributed by atoms with E-state index in [1.165, 1.54) is 0 Å². The van der Waals surface area contributed by atoms with Crippen LogP contribution in [-0.2, 0) is 4.79 Å². The van der Waals surface area contributed by atoms with Gasteiger partial charge in [0, 0.05) is 6.54 Å². The highest BCUT2D eigenvalue weighted by atomic mass is 16.1. The number of allylic oxidation sites excluding steroid dienone is 1. The molecule has 0 saturated carbocycles. The molecule has 0 saturated heterocycles. The van der Waals surface area contributed by atoms with Gasteiger partial charge in [0.25, 0.3) is 0 Å². The molecule has 0 aliphatic carbocycles. The van der Waals surface area contributed by atoms with Crippen LogP contribution in [0.2, 0.25) is 0 Å². The van der Waals surface area contributed by atoms with Gasteiger partial charge in [0.2, 0.25) is 5.91 Å². The Morgan fingerprint density at radius 3 is 2.70 bits per heavy atom. The Labute approximate surface area is 61.6 Å². The van der Waals surface area contributed by atoms with Gasteiger partial charge in [-0.15, -0.1) is 0 Å². The van der Waals surface area contributed by atoms with Gasteiger partial charge in [-0.25, -0.2) is 0 Å². The first-order valence-electron chi connectivity index (χ1n) is 3.27. The van der Waals surface area contributed by atoms with E-state index in [1.54, 1.807) is 6.08 Å². The second kappa shape index (κ2) is 4.79. The average Bonchev–Trinajstić information content (AvgIpc) is 1.88. The number of hydrogen-bond donors (Lipinski definition) is 1. The minimum atomic E-state index is 0.00685. The normalized spacial score (nSPS) is 8.50. The van der Waals surface area contributed by atoms with E-state index in [-0.39, 0.29) is 5.91 Å². The van der Waals surface area contributed by atoms with Gasteiger partial charge in [-0.05, 0) is 12.5 Å². The minimum absolute atomic E-state index is 0.00685. The van der Waals surface area contributed by atoms with E-state index in [2.05, 4.69) is 18.5 Å². The van der Waals surface area contributed by atoms with Crippen molar-refractivity contribution in [3.63, 3.8) is 0 Å². The molecule has 0 spiro atoms. The zero-order valence-electron chi connectivity index (χ0n) is 6.31. The summed E-state index contributed by atoms with van der Waals surface area (Å²) >= 11 is 0. The van der Waals surface area contributed by atoms with Crippen LogP contribution in [0.25, 0.3) is 0 Å². The molecule has 0 aromatic carbocycles. The molecule has 0 aliphatic rings. The summed E-state index contributed by atoms with van der Waals surface area (Å²) in [4.78, 5) is 10.8. The highest BCUT2D eigenvalue weighted by Gasteiger charge is 1.97. The predicted molar refractivity (Wildman–Crippen MR) is 42.6 cm³/mol. The third-order valence-electron chi connectivity index (χ3n) is 1.05. The van der Waals surface area contributed by atoms with E-state index in [9.17, 15) is 4.79 Å². The fraction of sp³-hybridized carbons (Fsp3) is 0.375. The fourth-order valence-corrected chi connectivity index (χ4v) is 0.538. The number of carbonyl (C=O) groups is 1. The van der Waals surface area contributed by atoms with Crippen LogP contribution in [0, 0.1) is 0 Å². The highest BCUT2D eigenvalue weighted by Crippen LogP contribution is 1.96. The molecule has 0 aromatic rings. The Morgan fingerprint density at radius 1 is 1.70 bits per heavy atom. The monoisotopic (exact) mass is 139 g/mol. The lowest BCUT2D eigenvalue weighted by Gasteiger charge is -1.99. The standard InChI is InChI=1S/C8H13NO/c1-4-7(3)6-8(10)9-5-2/h4H,1,3,5-6H2,2H3,(H,9,10). The van der Waals surface area contributed by atoms with Crippen molar-refractivity contribution in [3.8, 4) is 0 Å². The molecule has 2 heteroatoms.